The first-order valence-electron chi connectivity index (χ1n) is 10.7. The highest BCUT2D eigenvalue weighted by molar-refractivity contribution is 6.46. The highest BCUT2D eigenvalue weighted by Gasteiger charge is 2.45. The van der Waals surface area contributed by atoms with E-state index in [9.17, 15) is 19.1 Å². The van der Waals surface area contributed by atoms with E-state index >= 15 is 0 Å². The molecular weight excluding hydrogens is 411 g/mol. The molecule has 2 aromatic carbocycles. The molecule has 1 aliphatic rings. The van der Waals surface area contributed by atoms with Crippen molar-refractivity contribution in [3.8, 4) is 5.75 Å². The van der Waals surface area contributed by atoms with E-state index in [0.717, 1.165) is 12.0 Å². The van der Waals surface area contributed by atoms with Gasteiger partial charge in [0.2, 0.25) is 0 Å². The number of hydrogen-bond donors (Lipinski definition) is 1. The van der Waals surface area contributed by atoms with Crippen molar-refractivity contribution < 1.29 is 23.8 Å². The smallest absolute Gasteiger partial charge is 0.295 e. The molecule has 1 fully saturated rings. The lowest BCUT2D eigenvalue weighted by Crippen LogP contribution is -2.35. The van der Waals surface area contributed by atoms with Gasteiger partial charge in [-0.05, 0) is 68.9 Å². The average molecular weight is 441 g/mol. The highest BCUT2D eigenvalue weighted by atomic mass is 19.1. The standard InChI is InChI=1S/C25H29FN2O4/c1-5-14-32-20-11-8-18(15-16(20)2)23(29)21-22(17-6-9-19(26)10-7-17)28(13-12-27(3)4)25(31)24(21)30/h6-11,15,22,29H,5,12-14H2,1-4H3/b23-21+. The van der Waals surface area contributed by atoms with Crippen LogP contribution in [0, 0.1) is 12.7 Å². The van der Waals surface area contributed by atoms with E-state index in [1.54, 1.807) is 18.2 Å². The number of ether oxygens (including phenoxy) is 1. The number of Topliss-reactive ketones (excluding diaryl/α,β-unsaturated/α-hetero) is 1. The summed E-state index contributed by atoms with van der Waals surface area (Å²) in [6.07, 6.45) is 0.870. The van der Waals surface area contributed by atoms with Crippen molar-refractivity contribution in [3.63, 3.8) is 0 Å². The van der Waals surface area contributed by atoms with E-state index in [-0.39, 0.29) is 11.3 Å². The molecule has 0 aliphatic carbocycles. The minimum absolute atomic E-state index is 0.00184. The van der Waals surface area contributed by atoms with Crippen LogP contribution in [0.3, 0.4) is 0 Å². The summed E-state index contributed by atoms with van der Waals surface area (Å²) in [5.41, 5.74) is 1.79. The zero-order valence-corrected chi connectivity index (χ0v) is 18.9. The van der Waals surface area contributed by atoms with Crippen molar-refractivity contribution in [2.45, 2.75) is 26.3 Å². The van der Waals surface area contributed by atoms with Crippen molar-refractivity contribution in [1.82, 2.24) is 9.80 Å². The van der Waals surface area contributed by atoms with Crippen LogP contribution in [0.15, 0.2) is 48.0 Å². The minimum atomic E-state index is -0.799. The van der Waals surface area contributed by atoms with Gasteiger partial charge in [0.25, 0.3) is 11.7 Å². The van der Waals surface area contributed by atoms with Gasteiger partial charge in [-0.25, -0.2) is 4.39 Å². The van der Waals surface area contributed by atoms with Gasteiger partial charge in [-0.1, -0.05) is 19.1 Å². The SMILES string of the molecule is CCCOc1ccc(/C(O)=C2\C(=O)C(=O)N(CCN(C)C)C2c2ccc(F)cc2)cc1C. The fourth-order valence-corrected chi connectivity index (χ4v) is 3.74. The molecule has 6 nitrogen and oxygen atoms in total. The fraction of sp³-hybridized carbons (Fsp3) is 0.360. The van der Waals surface area contributed by atoms with Crippen molar-refractivity contribution in [3.05, 3.63) is 70.5 Å². The summed E-state index contributed by atoms with van der Waals surface area (Å²) in [6, 6.07) is 9.99. The number of halogens is 1. The summed E-state index contributed by atoms with van der Waals surface area (Å²) >= 11 is 0. The van der Waals surface area contributed by atoms with E-state index in [0.29, 0.717) is 36.6 Å². The zero-order valence-electron chi connectivity index (χ0n) is 18.9. The maximum absolute atomic E-state index is 13.5. The molecular formula is C25H29FN2O4. The van der Waals surface area contributed by atoms with Gasteiger partial charge < -0.3 is 19.6 Å². The quantitative estimate of drug-likeness (QED) is 0.383. The van der Waals surface area contributed by atoms with E-state index in [4.69, 9.17) is 4.74 Å². The number of carbonyl (C=O) groups is 2. The second-order valence-corrected chi connectivity index (χ2v) is 8.18. The van der Waals surface area contributed by atoms with Gasteiger partial charge in [0.1, 0.15) is 17.3 Å². The summed E-state index contributed by atoms with van der Waals surface area (Å²) in [7, 11) is 3.74. The van der Waals surface area contributed by atoms with Crippen LogP contribution in [-0.4, -0.2) is 60.4 Å². The number of hydrogen-bond acceptors (Lipinski definition) is 5. The lowest BCUT2D eigenvalue weighted by Gasteiger charge is -2.26. The van der Waals surface area contributed by atoms with Crippen molar-refractivity contribution in [2.24, 2.45) is 0 Å². The molecule has 1 unspecified atom stereocenters. The first kappa shape index (κ1) is 23.5. The first-order valence-corrected chi connectivity index (χ1v) is 10.7. The maximum Gasteiger partial charge on any atom is 0.295 e. The zero-order chi connectivity index (χ0) is 23.4. The Hall–Kier alpha value is -3.19. The molecule has 0 bridgehead atoms. The highest BCUT2D eigenvalue weighted by Crippen LogP contribution is 2.39. The molecule has 0 aromatic heterocycles. The number of ketones is 1. The third-order valence-electron chi connectivity index (χ3n) is 5.42. The Kier molecular flexibility index (Phi) is 7.30. The van der Waals surface area contributed by atoms with Crippen LogP contribution in [-0.2, 0) is 9.59 Å². The van der Waals surface area contributed by atoms with E-state index in [1.165, 1.54) is 29.2 Å². The molecule has 1 heterocycles. The number of carbonyl (C=O) groups excluding carboxylic acids is 2. The topological polar surface area (TPSA) is 70.1 Å². The molecule has 1 saturated heterocycles. The normalized spacial score (nSPS) is 17.9. The number of amides is 1. The van der Waals surface area contributed by atoms with Gasteiger partial charge in [0.15, 0.2) is 0 Å². The molecule has 1 amide bonds. The molecule has 0 radical (unpaired) electrons. The second-order valence-electron chi connectivity index (χ2n) is 8.18. The molecule has 3 rings (SSSR count). The second kappa shape index (κ2) is 9.96. The van der Waals surface area contributed by atoms with Gasteiger partial charge >= 0.3 is 0 Å². The minimum Gasteiger partial charge on any atom is -0.507 e. The number of aliphatic hydroxyl groups excluding tert-OH is 1. The maximum atomic E-state index is 13.5. The van der Waals surface area contributed by atoms with Crippen LogP contribution in [0.2, 0.25) is 0 Å². The molecule has 1 atom stereocenters. The number of rotatable bonds is 8. The molecule has 32 heavy (non-hydrogen) atoms. The van der Waals surface area contributed by atoms with Gasteiger partial charge in [-0.15, -0.1) is 0 Å². The molecule has 7 heteroatoms. The van der Waals surface area contributed by atoms with E-state index < -0.39 is 23.5 Å². The van der Waals surface area contributed by atoms with E-state index in [1.807, 2.05) is 32.8 Å². The molecule has 1 N–H and O–H groups in total. The summed E-state index contributed by atoms with van der Waals surface area (Å²) < 4.78 is 19.2. The first-order chi connectivity index (χ1) is 15.2. The number of aliphatic hydroxyl groups is 1. The molecule has 0 spiro atoms. The molecule has 1 aliphatic heterocycles. The third-order valence-corrected chi connectivity index (χ3v) is 5.42. The van der Waals surface area contributed by atoms with Crippen LogP contribution < -0.4 is 4.74 Å². The third kappa shape index (κ3) is 4.83. The van der Waals surface area contributed by atoms with Crippen LogP contribution >= 0.6 is 0 Å². The summed E-state index contributed by atoms with van der Waals surface area (Å²) in [5, 5.41) is 11.1. The predicted molar refractivity (Wildman–Crippen MR) is 121 cm³/mol. The Bertz CT molecular complexity index is 1030. The average Bonchev–Trinajstić information content (AvgIpc) is 3.01. The fourth-order valence-electron chi connectivity index (χ4n) is 3.74. The van der Waals surface area contributed by atoms with Gasteiger partial charge in [-0.3, -0.25) is 9.59 Å². The predicted octanol–water partition coefficient (Wildman–Crippen LogP) is 3.91. The Balaban J connectivity index is 2.09. The molecule has 2 aromatic rings. The van der Waals surface area contributed by atoms with E-state index in [2.05, 4.69) is 0 Å². The number of likely N-dealkylation sites (tertiary alicyclic amines) is 1. The Labute approximate surface area is 187 Å². The monoisotopic (exact) mass is 440 g/mol. The summed E-state index contributed by atoms with van der Waals surface area (Å²) in [6.45, 7) is 5.27. The Morgan fingerprint density at radius 3 is 2.44 bits per heavy atom. The van der Waals surface area contributed by atoms with Crippen LogP contribution in [0.4, 0.5) is 4.39 Å². The molecule has 0 saturated carbocycles. The Morgan fingerprint density at radius 1 is 1.16 bits per heavy atom. The van der Waals surface area contributed by atoms with Crippen molar-refractivity contribution in [1.29, 1.82) is 0 Å². The van der Waals surface area contributed by atoms with Gasteiger partial charge in [0, 0.05) is 18.7 Å². The summed E-state index contributed by atoms with van der Waals surface area (Å²) in [5.74, 6) is -1.40. The van der Waals surface area contributed by atoms with Gasteiger partial charge in [0.05, 0.1) is 18.2 Å². The lowest BCUT2D eigenvalue weighted by atomic mass is 9.94. The largest absolute Gasteiger partial charge is 0.507 e. The Morgan fingerprint density at radius 2 is 1.84 bits per heavy atom. The van der Waals surface area contributed by atoms with Crippen LogP contribution in [0.1, 0.15) is 36.1 Å². The number of aryl methyl sites for hydroxylation is 1. The van der Waals surface area contributed by atoms with Crippen molar-refractivity contribution >= 4 is 17.4 Å². The number of nitrogens with zero attached hydrogens (tertiary/aromatic N) is 2. The van der Waals surface area contributed by atoms with Crippen LogP contribution in [0.25, 0.3) is 5.76 Å². The van der Waals surface area contributed by atoms with Gasteiger partial charge in [-0.2, -0.15) is 0 Å². The number of benzene rings is 2. The van der Waals surface area contributed by atoms with Crippen LogP contribution in [0.5, 0.6) is 5.75 Å². The summed E-state index contributed by atoms with van der Waals surface area (Å²) in [4.78, 5) is 29.2. The number of likely N-dealkylation sites (N-methyl/N-ethyl adjacent to an activating group) is 1. The lowest BCUT2D eigenvalue weighted by molar-refractivity contribution is -0.140. The van der Waals surface area contributed by atoms with Crippen molar-refractivity contribution in [2.75, 3.05) is 33.8 Å². The molecule has 170 valence electrons.